The number of nitrogens with one attached hydrogen (secondary N) is 1. The zero-order chi connectivity index (χ0) is 20.9. The summed E-state index contributed by atoms with van der Waals surface area (Å²) >= 11 is 9.99. The minimum absolute atomic E-state index is 0.363. The molecule has 1 aromatic heterocycles. The largest absolute Gasteiger partial charge is 0.368 e. The van der Waals surface area contributed by atoms with Crippen molar-refractivity contribution in [2.75, 3.05) is 30.3 Å². The Balaban J connectivity index is 1.44. The molecule has 6 nitrogen and oxygen atoms in total. The molecule has 1 fully saturated rings. The molecular weight excluding hydrogens is 464 g/mol. The molecule has 0 bridgehead atoms. The molecule has 3 N–H and O–H groups in total. The third-order valence-corrected chi connectivity index (χ3v) is 6.58. The monoisotopic (exact) mass is 488 g/mol. The second-order valence-corrected chi connectivity index (χ2v) is 9.00. The Morgan fingerprint density at radius 3 is 2.53 bits per heavy atom. The van der Waals surface area contributed by atoms with E-state index in [0.717, 1.165) is 54.9 Å². The Morgan fingerprint density at radius 1 is 1.13 bits per heavy atom. The number of piperidine rings is 1. The highest BCUT2D eigenvalue weighted by Crippen LogP contribution is 2.25. The second-order valence-electron chi connectivity index (χ2n) is 7.68. The lowest BCUT2D eigenvalue weighted by atomic mass is 10.0. The summed E-state index contributed by atoms with van der Waals surface area (Å²) in [6.45, 7) is 3.68. The maximum absolute atomic E-state index is 6.48. The fourth-order valence-corrected chi connectivity index (χ4v) is 4.46. The van der Waals surface area contributed by atoms with Gasteiger partial charge in [-0.25, -0.2) is 5.10 Å². The maximum atomic E-state index is 6.48. The summed E-state index contributed by atoms with van der Waals surface area (Å²) in [5.74, 6) is 1.06. The summed E-state index contributed by atoms with van der Waals surface area (Å²) in [5, 5.41) is 7.76. The molecule has 0 aliphatic carbocycles. The van der Waals surface area contributed by atoms with Gasteiger partial charge in [-0.3, -0.25) is 4.90 Å². The number of nitrogens with two attached hydrogens (primary N) is 1. The quantitative estimate of drug-likeness (QED) is 0.510. The lowest BCUT2D eigenvalue weighted by molar-refractivity contribution is 0.162. The Hall–Kier alpha value is -2.09. The van der Waals surface area contributed by atoms with E-state index in [1.165, 1.54) is 11.1 Å². The average molecular weight is 490 g/mol. The average Bonchev–Trinajstić information content (AvgIpc) is 3.20. The van der Waals surface area contributed by atoms with Gasteiger partial charge in [0.25, 0.3) is 0 Å². The number of nitrogens with zero attached hydrogens (tertiary/aromatic N) is 4. The normalized spacial score (nSPS) is 15.1. The Morgan fingerprint density at radius 2 is 1.87 bits per heavy atom. The first-order valence-corrected chi connectivity index (χ1v) is 11.4. The molecule has 2 aromatic carbocycles. The molecule has 4 rings (SSSR count). The highest BCUT2D eigenvalue weighted by atomic mass is 79.9. The number of aromatic nitrogens is 3. The molecule has 3 aromatic rings. The van der Waals surface area contributed by atoms with Gasteiger partial charge in [-0.05, 0) is 48.6 Å². The van der Waals surface area contributed by atoms with Crippen molar-refractivity contribution in [3.63, 3.8) is 0 Å². The number of anilines is 2. The van der Waals surface area contributed by atoms with E-state index in [2.05, 4.69) is 77.3 Å². The van der Waals surface area contributed by atoms with E-state index >= 15 is 0 Å². The van der Waals surface area contributed by atoms with Crippen molar-refractivity contribution in [2.24, 2.45) is 0 Å². The molecular formula is C22H26BrClN6. The standard InChI is InChI=1S/C22H26BrClN6/c23-18-7-5-16(6-8-18)9-12-30(15-17-3-1-2-4-20(17)24)19-10-13-29(14-11-19)22-26-21(25)27-28-22/h1-8,19H,9-15H2,(H3,25,26,27,28). The first-order chi connectivity index (χ1) is 14.6. The lowest BCUT2D eigenvalue weighted by Crippen LogP contribution is -2.45. The predicted molar refractivity (Wildman–Crippen MR) is 126 cm³/mol. The number of halogens is 2. The van der Waals surface area contributed by atoms with Gasteiger partial charge < -0.3 is 10.6 Å². The molecule has 0 radical (unpaired) electrons. The van der Waals surface area contributed by atoms with Crippen molar-refractivity contribution in [3.05, 3.63) is 69.2 Å². The summed E-state index contributed by atoms with van der Waals surface area (Å²) in [4.78, 5) is 9.05. The Kier molecular flexibility index (Phi) is 6.92. The van der Waals surface area contributed by atoms with Gasteiger partial charge in [0.1, 0.15) is 0 Å². The Labute approximate surface area is 190 Å². The minimum atomic E-state index is 0.363. The van der Waals surface area contributed by atoms with E-state index < -0.39 is 0 Å². The molecule has 1 aliphatic heterocycles. The summed E-state index contributed by atoms with van der Waals surface area (Å²) in [7, 11) is 0. The molecule has 2 heterocycles. The van der Waals surface area contributed by atoms with Crippen LogP contribution in [-0.4, -0.2) is 45.8 Å². The first-order valence-electron chi connectivity index (χ1n) is 10.2. The molecule has 0 amide bonds. The highest BCUT2D eigenvalue weighted by Gasteiger charge is 2.26. The van der Waals surface area contributed by atoms with Crippen LogP contribution >= 0.6 is 27.5 Å². The van der Waals surface area contributed by atoms with Crippen LogP contribution in [0.5, 0.6) is 0 Å². The van der Waals surface area contributed by atoms with Crippen LogP contribution < -0.4 is 10.6 Å². The van der Waals surface area contributed by atoms with E-state index in [9.17, 15) is 0 Å². The van der Waals surface area contributed by atoms with Gasteiger partial charge in [0.05, 0.1) is 0 Å². The number of H-pyrrole nitrogens is 1. The number of rotatable bonds is 7. The first kappa shape index (κ1) is 21.2. The van der Waals surface area contributed by atoms with Crippen LogP contribution in [0.1, 0.15) is 24.0 Å². The minimum Gasteiger partial charge on any atom is -0.368 e. The second kappa shape index (κ2) is 9.81. The number of nitrogen functional groups attached to an aromatic ring is 1. The van der Waals surface area contributed by atoms with E-state index in [1.807, 2.05) is 12.1 Å². The van der Waals surface area contributed by atoms with Gasteiger partial charge in [-0.1, -0.05) is 57.9 Å². The number of hydrogen-bond acceptors (Lipinski definition) is 5. The van der Waals surface area contributed by atoms with Gasteiger partial charge in [0, 0.05) is 41.7 Å². The van der Waals surface area contributed by atoms with Crippen LogP contribution in [0.25, 0.3) is 0 Å². The molecule has 0 atom stereocenters. The smallest absolute Gasteiger partial charge is 0.246 e. The van der Waals surface area contributed by atoms with Gasteiger partial charge in [0.15, 0.2) is 0 Å². The highest BCUT2D eigenvalue weighted by molar-refractivity contribution is 9.10. The third kappa shape index (κ3) is 5.33. The van der Waals surface area contributed by atoms with Crippen LogP contribution in [0.3, 0.4) is 0 Å². The van der Waals surface area contributed by atoms with Crippen LogP contribution in [0.2, 0.25) is 5.02 Å². The van der Waals surface area contributed by atoms with Crippen LogP contribution in [0, 0.1) is 0 Å². The van der Waals surface area contributed by atoms with Crippen molar-refractivity contribution in [1.29, 1.82) is 0 Å². The number of hydrogen-bond donors (Lipinski definition) is 2. The van der Waals surface area contributed by atoms with E-state index in [-0.39, 0.29) is 0 Å². The van der Waals surface area contributed by atoms with E-state index in [1.54, 1.807) is 0 Å². The lowest BCUT2D eigenvalue weighted by Gasteiger charge is -2.38. The molecule has 158 valence electrons. The van der Waals surface area contributed by atoms with Gasteiger partial charge in [0.2, 0.25) is 11.9 Å². The van der Waals surface area contributed by atoms with Gasteiger partial charge in [-0.2, -0.15) is 4.98 Å². The van der Waals surface area contributed by atoms with Crippen molar-refractivity contribution in [2.45, 2.75) is 31.8 Å². The summed E-state index contributed by atoms with van der Waals surface area (Å²) < 4.78 is 1.11. The SMILES string of the molecule is Nc1nc(N2CCC(N(CCc3ccc(Br)cc3)Cc3ccccc3Cl)CC2)n[nH]1. The summed E-state index contributed by atoms with van der Waals surface area (Å²) in [5.41, 5.74) is 8.21. The molecule has 0 unspecified atom stereocenters. The van der Waals surface area contributed by atoms with E-state index in [0.29, 0.717) is 17.9 Å². The molecule has 8 heteroatoms. The number of aromatic amines is 1. The van der Waals surface area contributed by atoms with Crippen LogP contribution in [0.4, 0.5) is 11.9 Å². The van der Waals surface area contributed by atoms with Crippen molar-refractivity contribution < 1.29 is 0 Å². The van der Waals surface area contributed by atoms with Gasteiger partial charge >= 0.3 is 0 Å². The van der Waals surface area contributed by atoms with Gasteiger partial charge in [-0.15, -0.1) is 5.10 Å². The zero-order valence-electron chi connectivity index (χ0n) is 16.8. The van der Waals surface area contributed by atoms with Crippen molar-refractivity contribution in [3.8, 4) is 0 Å². The summed E-state index contributed by atoms with van der Waals surface area (Å²) in [6, 6.07) is 17.2. The molecule has 1 aliphatic rings. The number of benzene rings is 2. The zero-order valence-corrected chi connectivity index (χ0v) is 19.1. The van der Waals surface area contributed by atoms with E-state index in [4.69, 9.17) is 17.3 Å². The molecule has 1 saturated heterocycles. The van der Waals surface area contributed by atoms with Crippen LogP contribution in [0.15, 0.2) is 53.0 Å². The fraction of sp³-hybridized carbons (Fsp3) is 0.364. The van der Waals surface area contributed by atoms with Crippen molar-refractivity contribution >= 4 is 39.4 Å². The predicted octanol–water partition coefficient (Wildman–Crippen LogP) is 4.52. The Bertz CT molecular complexity index is 952. The topological polar surface area (TPSA) is 74.1 Å². The van der Waals surface area contributed by atoms with Crippen molar-refractivity contribution in [1.82, 2.24) is 20.1 Å². The van der Waals surface area contributed by atoms with Crippen LogP contribution in [-0.2, 0) is 13.0 Å². The summed E-state index contributed by atoms with van der Waals surface area (Å²) in [6.07, 6.45) is 3.12. The molecule has 0 saturated carbocycles. The fourth-order valence-electron chi connectivity index (χ4n) is 4.00. The molecule has 0 spiro atoms. The maximum Gasteiger partial charge on any atom is 0.246 e. The molecule has 30 heavy (non-hydrogen) atoms. The third-order valence-electron chi connectivity index (χ3n) is 5.69.